The largest absolute Gasteiger partial charge is 0.497 e. The molecule has 3 heterocycles. The molecule has 1 amide bonds. The number of ether oxygens (including phenoxy) is 6. The molecule has 1 aliphatic heterocycles. The normalized spacial score (nSPS) is 13.4. The molecule has 0 unspecified atom stereocenters. The molecule has 6 rings (SSSR count). The number of imidazole rings is 1. The van der Waals surface area contributed by atoms with Gasteiger partial charge in [0, 0.05) is 82.0 Å². The zero-order chi connectivity index (χ0) is 43.7. The summed E-state index contributed by atoms with van der Waals surface area (Å²) in [7, 11) is 6.61. The van der Waals surface area contributed by atoms with Crippen molar-refractivity contribution in [3.05, 3.63) is 88.7 Å². The fraction of sp³-hybridized carbons (Fsp3) is 0.489. The maximum Gasteiger partial charge on any atom is 0.410 e. The van der Waals surface area contributed by atoms with E-state index in [2.05, 4.69) is 45.6 Å². The highest BCUT2D eigenvalue weighted by Gasteiger charge is 2.28. The molecule has 0 saturated carbocycles. The fourth-order valence-electron chi connectivity index (χ4n) is 7.46. The van der Waals surface area contributed by atoms with Crippen LogP contribution in [0.1, 0.15) is 82.5 Å². The molecule has 1 fully saturated rings. The van der Waals surface area contributed by atoms with Crippen molar-refractivity contribution in [2.75, 3.05) is 59.5 Å². The van der Waals surface area contributed by atoms with Crippen molar-refractivity contribution in [2.45, 2.75) is 98.7 Å². The summed E-state index contributed by atoms with van der Waals surface area (Å²) in [4.78, 5) is 24.3. The first-order chi connectivity index (χ1) is 29.3. The van der Waals surface area contributed by atoms with Gasteiger partial charge in [-0.3, -0.25) is 4.90 Å². The second-order valence-corrected chi connectivity index (χ2v) is 16.7. The molecule has 328 valence electrons. The molecule has 3 aromatic carbocycles. The summed E-state index contributed by atoms with van der Waals surface area (Å²) in [5.74, 6) is 4.78. The molecule has 0 atom stereocenters. The molecule has 14 nitrogen and oxygen atoms in total. The van der Waals surface area contributed by atoms with E-state index in [9.17, 15) is 4.79 Å². The Kier molecular flexibility index (Phi) is 14.8. The van der Waals surface area contributed by atoms with Crippen LogP contribution in [0.15, 0.2) is 60.7 Å². The van der Waals surface area contributed by atoms with Gasteiger partial charge in [0.05, 0.1) is 34.5 Å². The molecule has 14 heteroatoms. The van der Waals surface area contributed by atoms with Crippen molar-refractivity contribution < 1.29 is 33.2 Å². The van der Waals surface area contributed by atoms with Crippen LogP contribution in [0.2, 0.25) is 0 Å². The number of amides is 1. The molecule has 0 radical (unpaired) electrons. The molecule has 0 spiro atoms. The Morgan fingerprint density at radius 1 is 0.770 bits per heavy atom. The van der Waals surface area contributed by atoms with Gasteiger partial charge < -0.3 is 42.8 Å². The van der Waals surface area contributed by atoms with Gasteiger partial charge in [-0.15, -0.1) is 10.2 Å². The molecule has 0 aliphatic carbocycles. The highest BCUT2D eigenvalue weighted by atomic mass is 16.6. The number of aryl methyl sites for hydroxylation is 1. The number of carbonyl (C=O) groups is 1. The van der Waals surface area contributed by atoms with Crippen LogP contribution in [-0.2, 0) is 37.3 Å². The Morgan fingerprint density at radius 2 is 1.34 bits per heavy atom. The zero-order valence-electron chi connectivity index (χ0n) is 37.6. The minimum absolute atomic E-state index is 0.140. The summed E-state index contributed by atoms with van der Waals surface area (Å²) < 4.78 is 37.0. The van der Waals surface area contributed by atoms with Crippen molar-refractivity contribution in [1.82, 2.24) is 29.5 Å². The maximum absolute atomic E-state index is 12.6. The molecule has 2 aromatic heterocycles. The number of rotatable bonds is 18. The van der Waals surface area contributed by atoms with E-state index in [1.54, 1.807) is 33.3 Å². The Labute approximate surface area is 360 Å². The van der Waals surface area contributed by atoms with Gasteiger partial charge in [-0.25, -0.2) is 9.78 Å². The number of hydrogen-bond donors (Lipinski definition) is 0. The van der Waals surface area contributed by atoms with Crippen molar-refractivity contribution >= 4 is 22.9 Å². The van der Waals surface area contributed by atoms with E-state index in [-0.39, 0.29) is 12.2 Å². The van der Waals surface area contributed by atoms with E-state index in [1.807, 2.05) is 71.0 Å². The van der Waals surface area contributed by atoms with Gasteiger partial charge in [0.25, 0.3) is 5.88 Å². The number of fused-ring (bicyclic) bond motifs is 1. The summed E-state index contributed by atoms with van der Waals surface area (Å²) >= 11 is 0. The first-order valence-electron chi connectivity index (χ1n) is 21.2. The minimum atomic E-state index is -0.506. The smallest absolute Gasteiger partial charge is 0.410 e. The third-order valence-electron chi connectivity index (χ3n) is 10.6. The Bertz CT molecular complexity index is 2170. The first kappa shape index (κ1) is 44.8. The quantitative estimate of drug-likeness (QED) is 0.0843. The minimum Gasteiger partial charge on any atom is -0.497 e. The van der Waals surface area contributed by atoms with Crippen LogP contribution in [-0.4, -0.2) is 102 Å². The average Bonchev–Trinajstić information content (AvgIpc) is 3.61. The van der Waals surface area contributed by atoms with Crippen molar-refractivity contribution in [3.63, 3.8) is 0 Å². The lowest BCUT2D eigenvalue weighted by Crippen LogP contribution is -2.49. The lowest BCUT2D eigenvalue weighted by atomic mass is 10.1. The first-order valence-corrected chi connectivity index (χ1v) is 21.2. The number of anilines is 1. The van der Waals surface area contributed by atoms with E-state index < -0.39 is 5.60 Å². The Balaban J connectivity index is 1.36. The predicted molar refractivity (Wildman–Crippen MR) is 237 cm³/mol. The van der Waals surface area contributed by atoms with Crippen molar-refractivity contribution in [1.29, 1.82) is 0 Å². The summed E-state index contributed by atoms with van der Waals surface area (Å²) in [5.41, 5.74) is 5.21. The van der Waals surface area contributed by atoms with Gasteiger partial charge in [-0.1, -0.05) is 37.6 Å². The molecule has 0 N–H and O–H groups in total. The van der Waals surface area contributed by atoms with Crippen LogP contribution in [0.3, 0.4) is 0 Å². The van der Waals surface area contributed by atoms with Gasteiger partial charge in [0.2, 0.25) is 0 Å². The number of hydrogen-bond acceptors (Lipinski definition) is 12. The second kappa shape index (κ2) is 20.2. The summed E-state index contributed by atoms with van der Waals surface area (Å²) in [6, 6.07) is 20.4. The van der Waals surface area contributed by atoms with Gasteiger partial charge in [0.1, 0.15) is 45.5 Å². The number of benzene rings is 3. The van der Waals surface area contributed by atoms with E-state index in [0.29, 0.717) is 72.9 Å². The molecule has 1 aliphatic rings. The average molecular weight is 838 g/mol. The lowest BCUT2D eigenvalue weighted by Gasteiger charge is -2.35. The zero-order valence-corrected chi connectivity index (χ0v) is 37.6. The van der Waals surface area contributed by atoms with Gasteiger partial charge >= 0.3 is 6.09 Å². The number of carbonyl (C=O) groups excluding carboxylic acids is 1. The van der Waals surface area contributed by atoms with Crippen LogP contribution in [0.4, 0.5) is 10.6 Å². The van der Waals surface area contributed by atoms with Crippen LogP contribution < -0.4 is 28.6 Å². The van der Waals surface area contributed by atoms with E-state index in [1.165, 1.54) is 5.56 Å². The number of piperazine rings is 1. The molecule has 0 bridgehead atoms. The summed E-state index contributed by atoms with van der Waals surface area (Å²) in [5, 5.41) is 9.66. The lowest BCUT2D eigenvalue weighted by molar-refractivity contribution is 0.0139. The second-order valence-electron chi connectivity index (χ2n) is 16.7. The molecule has 61 heavy (non-hydrogen) atoms. The van der Waals surface area contributed by atoms with Crippen LogP contribution >= 0.6 is 0 Å². The Morgan fingerprint density at radius 3 is 1.85 bits per heavy atom. The van der Waals surface area contributed by atoms with Crippen LogP contribution in [0.25, 0.3) is 11.0 Å². The third-order valence-corrected chi connectivity index (χ3v) is 10.6. The summed E-state index contributed by atoms with van der Waals surface area (Å²) in [6.07, 6.45) is 2.38. The highest BCUT2D eigenvalue weighted by molar-refractivity contribution is 5.90. The monoisotopic (exact) mass is 837 g/mol. The van der Waals surface area contributed by atoms with E-state index in [0.717, 1.165) is 66.9 Å². The molecule has 1 saturated heterocycles. The highest BCUT2D eigenvalue weighted by Crippen LogP contribution is 2.37. The Hall–Kier alpha value is -5.76. The molecular formula is C47H63N7O7. The van der Waals surface area contributed by atoms with E-state index in [4.69, 9.17) is 43.6 Å². The predicted octanol–water partition coefficient (Wildman–Crippen LogP) is 8.30. The van der Waals surface area contributed by atoms with Gasteiger partial charge in [0.15, 0.2) is 5.82 Å². The SMILES string of the molecule is CCCCc1nc2c(N(Cc3ccc(OC)cc3OC)Cc3ccc(OC)cc3OC)nnc(OC(C)C)c2n1Cc1ccc(CN2CCN(C(=O)OC(C)(C)C)CC2)cc1. The molecule has 5 aromatic rings. The summed E-state index contributed by atoms with van der Waals surface area (Å²) in [6.45, 7) is 17.0. The van der Waals surface area contributed by atoms with Crippen LogP contribution in [0, 0.1) is 0 Å². The topological polar surface area (TPSA) is 126 Å². The van der Waals surface area contributed by atoms with Gasteiger partial charge in [-0.2, -0.15) is 0 Å². The fourth-order valence-corrected chi connectivity index (χ4v) is 7.46. The van der Waals surface area contributed by atoms with Crippen LogP contribution in [0.5, 0.6) is 28.9 Å². The van der Waals surface area contributed by atoms with E-state index >= 15 is 0 Å². The number of aromatic nitrogens is 4. The van der Waals surface area contributed by atoms with Crippen molar-refractivity contribution in [3.8, 4) is 28.9 Å². The number of unbranched alkanes of at least 4 members (excludes halogenated alkanes) is 1. The van der Waals surface area contributed by atoms with Gasteiger partial charge in [-0.05, 0) is 76.4 Å². The number of methoxy groups -OCH3 is 4. The van der Waals surface area contributed by atoms with Crippen molar-refractivity contribution in [2.24, 2.45) is 0 Å². The standard InChI is InChI=1S/C47H63N7O7/c1-11-12-13-41-48-42-43(54(41)29-34-16-14-33(15-17-34)28-51-22-24-52(25-23-51)46(55)61-47(4,5)6)45(60-32(2)3)50-49-44(42)53(30-35-18-20-37(56-7)26-39(35)58-9)31-36-19-21-38(57-8)27-40(36)59-10/h14-21,26-27,32H,11-13,22-25,28-31H2,1-10H3. The maximum atomic E-state index is 12.6. The number of nitrogens with zero attached hydrogens (tertiary/aromatic N) is 7. The third kappa shape index (κ3) is 11.3. The molecular weight excluding hydrogens is 775 g/mol.